The molecule has 0 spiro atoms. The Bertz CT molecular complexity index is 1210. The summed E-state index contributed by atoms with van der Waals surface area (Å²) in [6.07, 6.45) is 0. The van der Waals surface area contributed by atoms with Gasteiger partial charge in [-0.15, -0.1) is 0 Å². The fraction of sp³-hybridized carbons (Fsp3) is 0.214. The molecule has 0 aliphatic carbocycles. The van der Waals surface area contributed by atoms with E-state index in [-0.39, 0.29) is 43.0 Å². The molecule has 0 aromatic heterocycles. The molecule has 2 saturated heterocycles. The predicted octanol–water partition coefficient (Wildman–Crippen LogP) is 2.90. The van der Waals surface area contributed by atoms with Crippen molar-refractivity contribution in [3.05, 3.63) is 107 Å². The van der Waals surface area contributed by atoms with Gasteiger partial charge in [0.05, 0.1) is 18.7 Å². The smallest absolute Gasteiger partial charge is 0.254 e. The van der Waals surface area contributed by atoms with Crippen LogP contribution >= 0.6 is 0 Å². The number of aliphatic hydroxyl groups is 1. The number of piperazine rings is 1. The number of rotatable bonds is 3. The van der Waals surface area contributed by atoms with Crippen molar-refractivity contribution in [1.29, 1.82) is 0 Å². The fourth-order valence-corrected chi connectivity index (χ4v) is 4.87. The normalized spacial score (nSPS) is 21.5. The third-order valence-corrected chi connectivity index (χ3v) is 6.48. The van der Waals surface area contributed by atoms with Gasteiger partial charge in [-0.2, -0.15) is 0 Å². The van der Waals surface area contributed by atoms with E-state index in [1.54, 1.807) is 21.9 Å². The summed E-state index contributed by atoms with van der Waals surface area (Å²) in [6.45, 7) is 0.396. The minimum absolute atomic E-state index is 0.0264. The Morgan fingerprint density at radius 1 is 0.879 bits per heavy atom. The van der Waals surface area contributed by atoms with Crippen LogP contribution in [0.3, 0.4) is 0 Å². The standard InChI is InChI=1S/C28H24N2O3/c31-19-25-27(22-15-13-21(14-16-22)12-11-20-7-3-1-4-8-20)24-17-29(18-26(32)30(24)25)28(33)23-9-5-2-6-10-23/h1-10,13-16,24-25,27,31H,17-19H2/t24-,25+,27-/m1/s1. The number of aliphatic hydroxyl groups excluding tert-OH is 1. The van der Waals surface area contributed by atoms with Crippen LogP contribution in [-0.2, 0) is 4.79 Å². The molecule has 2 aliphatic rings. The minimum Gasteiger partial charge on any atom is -0.394 e. The number of nitrogens with zero attached hydrogens (tertiary/aromatic N) is 2. The van der Waals surface area contributed by atoms with Crippen LogP contribution in [0.2, 0.25) is 0 Å². The molecule has 5 heteroatoms. The fourth-order valence-electron chi connectivity index (χ4n) is 4.87. The maximum atomic E-state index is 12.9. The highest BCUT2D eigenvalue weighted by Gasteiger charge is 2.54. The second-order valence-electron chi connectivity index (χ2n) is 8.43. The molecule has 0 saturated carbocycles. The first-order chi connectivity index (χ1) is 16.2. The van der Waals surface area contributed by atoms with E-state index in [0.717, 1.165) is 16.7 Å². The van der Waals surface area contributed by atoms with Gasteiger partial charge in [0.15, 0.2) is 0 Å². The summed E-state index contributed by atoms with van der Waals surface area (Å²) in [5.41, 5.74) is 3.48. The van der Waals surface area contributed by atoms with E-state index in [1.807, 2.05) is 72.8 Å². The number of carbonyl (C=O) groups is 2. The SMILES string of the molecule is O=C(c1ccccc1)N1CC(=O)N2[C@H](C1)[C@@H](c1ccc(C#Cc3ccccc3)cc1)[C@@H]2CO. The van der Waals surface area contributed by atoms with Crippen molar-refractivity contribution in [2.24, 2.45) is 0 Å². The van der Waals surface area contributed by atoms with E-state index in [2.05, 4.69) is 11.8 Å². The molecule has 2 heterocycles. The number of carbonyl (C=O) groups excluding carboxylic acids is 2. The molecule has 33 heavy (non-hydrogen) atoms. The highest BCUT2D eigenvalue weighted by Crippen LogP contribution is 2.43. The van der Waals surface area contributed by atoms with E-state index in [1.165, 1.54) is 0 Å². The molecule has 2 fully saturated rings. The summed E-state index contributed by atoms with van der Waals surface area (Å²) in [6, 6.07) is 26.4. The van der Waals surface area contributed by atoms with Crippen molar-refractivity contribution in [3.63, 3.8) is 0 Å². The zero-order chi connectivity index (χ0) is 22.8. The number of amides is 2. The summed E-state index contributed by atoms with van der Waals surface area (Å²) in [4.78, 5) is 29.1. The lowest BCUT2D eigenvalue weighted by molar-refractivity contribution is -0.159. The van der Waals surface area contributed by atoms with Crippen LogP contribution in [0.1, 0.15) is 33.0 Å². The van der Waals surface area contributed by atoms with Crippen LogP contribution in [0.5, 0.6) is 0 Å². The molecular formula is C28H24N2O3. The van der Waals surface area contributed by atoms with Crippen LogP contribution in [0, 0.1) is 11.8 Å². The number of benzene rings is 3. The van der Waals surface area contributed by atoms with Gasteiger partial charge in [0.1, 0.15) is 6.54 Å². The predicted molar refractivity (Wildman–Crippen MR) is 125 cm³/mol. The minimum atomic E-state index is -0.266. The zero-order valence-electron chi connectivity index (χ0n) is 18.1. The van der Waals surface area contributed by atoms with Crippen molar-refractivity contribution in [3.8, 4) is 11.8 Å². The van der Waals surface area contributed by atoms with E-state index >= 15 is 0 Å². The van der Waals surface area contributed by atoms with Gasteiger partial charge < -0.3 is 14.9 Å². The average molecular weight is 437 g/mol. The van der Waals surface area contributed by atoms with E-state index < -0.39 is 0 Å². The molecular weight excluding hydrogens is 412 g/mol. The molecule has 0 unspecified atom stereocenters. The summed E-state index contributed by atoms with van der Waals surface area (Å²) in [7, 11) is 0. The first-order valence-electron chi connectivity index (χ1n) is 11.1. The summed E-state index contributed by atoms with van der Waals surface area (Å²) in [5, 5.41) is 10.00. The molecule has 0 radical (unpaired) electrons. The van der Waals surface area contributed by atoms with Gasteiger partial charge in [-0.3, -0.25) is 9.59 Å². The summed E-state index contributed by atoms with van der Waals surface area (Å²) < 4.78 is 0. The maximum absolute atomic E-state index is 12.9. The van der Waals surface area contributed by atoms with Crippen LogP contribution in [0.4, 0.5) is 0 Å². The molecule has 2 amide bonds. The van der Waals surface area contributed by atoms with Crippen LogP contribution < -0.4 is 0 Å². The summed E-state index contributed by atoms with van der Waals surface area (Å²) >= 11 is 0. The van der Waals surface area contributed by atoms with Gasteiger partial charge in [0.25, 0.3) is 5.91 Å². The Morgan fingerprint density at radius 2 is 1.48 bits per heavy atom. The van der Waals surface area contributed by atoms with Crippen LogP contribution in [-0.4, -0.2) is 58.5 Å². The molecule has 164 valence electrons. The molecule has 5 rings (SSSR count). The van der Waals surface area contributed by atoms with Gasteiger partial charge in [-0.25, -0.2) is 0 Å². The first-order valence-corrected chi connectivity index (χ1v) is 11.1. The van der Waals surface area contributed by atoms with Crippen molar-refractivity contribution in [1.82, 2.24) is 9.80 Å². The zero-order valence-corrected chi connectivity index (χ0v) is 18.1. The third-order valence-electron chi connectivity index (χ3n) is 6.48. The molecule has 5 nitrogen and oxygen atoms in total. The van der Waals surface area contributed by atoms with Gasteiger partial charge in [0, 0.05) is 29.2 Å². The lowest BCUT2D eigenvalue weighted by Gasteiger charge is -2.58. The highest BCUT2D eigenvalue weighted by atomic mass is 16.3. The summed E-state index contributed by atoms with van der Waals surface area (Å²) in [5.74, 6) is 6.05. The van der Waals surface area contributed by atoms with E-state index in [0.29, 0.717) is 12.1 Å². The molecule has 0 bridgehead atoms. The Morgan fingerprint density at radius 3 is 2.12 bits per heavy atom. The number of fused-ring (bicyclic) bond motifs is 1. The van der Waals surface area contributed by atoms with Gasteiger partial charge in [-0.1, -0.05) is 60.4 Å². The topological polar surface area (TPSA) is 60.9 Å². The van der Waals surface area contributed by atoms with E-state index in [9.17, 15) is 14.7 Å². The van der Waals surface area contributed by atoms with Gasteiger partial charge in [-0.05, 0) is 42.0 Å². The lowest BCUT2D eigenvalue weighted by atomic mass is 9.73. The third kappa shape index (κ3) is 4.02. The molecule has 1 N–H and O–H groups in total. The Labute approximate surface area is 193 Å². The maximum Gasteiger partial charge on any atom is 0.254 e. The van der Waals surface area contributed by atoms with Crippen molar-refractivity contribution in [2.75, 3.05) is 19.7 Å². The van der Waals surface area contributed by atoms with Gasteiger partial charge in [0.2, 0.25) is 5.91 Å². The van der Waals surface area contributed by atoms with Crippen molar-refractivity contribution < 1.29 is 14.7 Å². The second-order valence-corrected chi connectivity index (χ2v) is 8.43. The van der Waals surface area contributed by atoms with Crippen LogP contribution in [0.15, 0.2) is 84.9 Å². The Hall–Kier alpha value is -3.88. The van der Waals surface area contributed by atoms with E-state index in [4.69, 9.17) is 0 Å². The molecule has 3 aromatic rings. The number of hydrogen-bond acceptors (Lipinski definition) is 3. The first kappa shape index (κ1) is 21.0. The second kappa shape index (κ2) is 8.93. The largest absolute Gasteiger partial charge is 0.394 e. The highest BCUT2D eigenvalue weighted by molar-refractivity contribution is 5.97. The molecule has 2 aliphatic heterocycles. The average Bonchev–Trinajstić information content (AvgIpc) is 2.85. The van der Waals surface area contributed by atoms with Crippen molar-refractivity contribution in [2.45, 2.75) is 18.0 Å². The molecule has 3 aromatic carbocycles. The van der Waals surface area contributed by atoms with Gasteiger partial charge >= 0.3 is 0 Å². The van der Waals surface area contributed by atoms with Crippen molar-refractivity contribution >= 4 is 11.8 Å². The molecule has 3 atom stereocenters. The monoisotopic (exact) mass is 436 g/mol. The Kier molecular flexibility index (Phi) is 5.68. The van der Waals surface area contributed by atoms with Crippen LogP contribution in [0.25, 0.3) is 0 Å². The Balaban J connectivity index is 1.35. The lowest BCUT2D eigenvalue weighted by Crippen LogP contribution is -2.73. The number of hydrogen-bond donors (Lipinski definition) is 1. The quantitative estimate of drug-likeness (QED) is 0.643.